The topological polar surface area (TPSA) is 83.4 Å². The number of rotatable bonds is 7. The largest absolute Gasteiger partial charge is 0.493 e. The summed E-state index contributed by atoms with van der Waals surface area (Å²) in [5, 5.41) is 0. The Morgan fingerprint density at radius 1 is 1.23 bits per heavy atom. The number of halogens is 1. The van der Waals surface area contributed by atoms with Crippen molar-refractivity contribution < 1.29 is 28.5 Å². The Balaban J connectivity index is 1.85. The van der Waals surface area contributed by atoms with Gasteiger partial charge in [-0.25, -0.2) is 14.6 Å². The van der Waals surface area contributed by atoms with Crippen molar-refractivity contribution in [2.75, 3.05) is 20.3 Å². The molecule has 7 nitrogen and oxygen atoms in total. The van der Waals surface area contributed by atoms with E-state index in [4.69, 9.17) is 18.9 Å². The van der Waals surface area contributed by atoms with E-state index in [1.165, 1.54) is 7.11 Å². The van der Waals surface area contributed by atoms with Gasteiger partial charge in [-0.1, -0.05) is 17.7 Å². The van der Waals surface area contributed by atoms with Crippen molar-refractivity contribution >= 4 is 39.8 Å². The standard InChI is InChI=1S/C22H20BrNO6/c1-4-28-19(25)12-29-20-16(23)9-14(11-18(20)27-3)10-17-22(26)30-21(24-17)15-7-5-13(2)6-8-15/h5-11H,4,12H2,1-3H3/b17-10-. The quantitative estimate of drug-likeness (QED) is 0.445. The van der Waals surface area contributed by atoms with Gasteiger partial charge in [0.15, 0.2) is 23.8 Å². The second-order valence-corrected chi connectivity index (χ2v) is 7.18. The highest BCUT2D eigenvalue weighted by molar-refractivity contribution is 9.10. The molecular weight excluding hydrogens is 454 g/mol. The second kappa shape index (κ2) is 9.58. The van der Waals surface area contributed by atoms with Crippen LogP contribution in [0.5, 0.6) is 11.5 Å². The van der Waals surface area contributed by atoms with Gasteiger partial charge in [0.05, 0.1) is 18.2 Å². The van der Waals surface area contributed by atoms with Crippen LogP contribution in [-0.2, 0) is 19.1 Å². The molecule has 0 fully saturated rings. The van der Waals surface area contributed by atoms with Crippen LogP contribution in [0.25, 0.3) is 6.08 Å². The van der Waals surface area contributed by atoms with E-state index in [1.807, 2.05) is 31.2 Å². The van der Waals surface area contributed by atoms with Gasteiger partial charge in [-0.2, -0.15) is 0 Å². The number of carbonyl (C=O) groups is 2. The summed E-state index contributed by atoms with van der Waals surface area (Å²) in [6.07, 6.45) is 1.59. The minimum absolute atomic E-state index is 0.166. The van der Waals surface area contributed by atoms with E-state index in [0.717, 1.165) is 11.1 Å². The fraction of sp³-hybridized carbons (Fsp3) is 0.227. The monoisotopic (exact) mass is 473 g/mol. The highest BCUT2D eigenvalue weighted by atomic mass is 79.9. The predicted molar refractivity (Wildman–Crippen MR) is 115 cm³/mol. The molecule has 0 atom stereocenters. The summed E-state index contributed by atoms with van der Waals surface area (Å²) in [6.45, 7) is 3.72. The van der Waals surface area contributed by atoms with Crippen LogP contribution in [0, 0.1) is 6.92 Å². The van der Waals surface area contributed by atoms with Gasteiger partial charge in [-0.15, -0.1) is 0 Å². The highest BCUT2D eigenvalue weighted by Crippen LogP contribution is 2.37. The van der Waals surface area contributed by atoms with Gasteiger partial charge < -0.3 is 18.9 Å². The van der Waals surface area contributed by atoms with Crippen LogP contribution in [0.1, 0.15) is 23.6 Å². The van der Waals surface area contributed by atoms with Gasteiger partial charge in [0.2, 0.25) is 5.90 Å². The molecule has 0 saturated heterocycles. The average Bonchev–Trinajstić information content (AvgIpc) is 3.07. The molecule has 0 N–H and O–H groups in total. The van der Waals surface area contributed by atoms with E-state index in [-0.39, 0.29) is 24.8 Å². The summed E-state index contributed by atoms with van der Waals surface area (Å²) in [7, 11) is 1.48. The van der Waals surface area contributed by atoms with Crippen LogP contribution in [0.2, 0.25) is 0 Å². The number of hydrogen-bond acceptors (Lipinski definition) is 7. The van der Waals surface area contributed by atoms with Crippen molar-refractivity contribution in [3.8, 4) is 11.5 Å². The zero-order valence-electron chi connectivity index (χ0n) is 16.7. The third kappa shape index (κ3) is 5.07. The van der Waals surface area contributed by atoms with Gasteiger partial charge in [-0.3, -0.25) is 0 Å². The summed E-state index contributed by atoms with van der Waals surface area (Å²) >= 11 is 3.41. The lowest BCUT2D eigenvalue weighted by Gasteiger charge is -2.13. The lowest BCUT2D eigenvalue weighted by molar-refractivity contribution is -0.145. The Morgan fingerprint density at radius 3 is 2.63 bits per heavy atom. The van der Waals surface area contributed by atoms with Gasteiger partial charge in [0, 0.05) is 5.56 Å². The Morgan fingerprint density at radius 2 is 1.97 bits per heavy atom. The van der Waals surface area contributed by atoms with E-state index < -0.39 is 11.9 Å². The number of ether oxygens (including phenoxy) is 4. The molecule has 0 amide bonds. The van der Waals surface area contributed by atoms with Crippen LogP contribution < -0.4 is 9.47 Å². The molecule has 3 rings (SSSR count). The first-order chi connectivity index (χ1) is 14.4. The first kappa shape index (κ1) is 21.6. The van der Waals surface area contributed by atoms with Gasteiger partial charge >= 0.3 is 11.9 Å². The third-order valence-electron chi connectivity index (χ3n) is 4.11. The number of carbonyl (C=O) groups excluding carboxylic acids is 2. The van der Waals surface area contributed by atoms with E-state index in [2.05, 4.69) is 20.9 Å². The third-order valence-corrected chi connectivity index (χ3v) is 4.70. The van der Waals surface area contributed by atoms with E-state index in [0.29, 0.717) is 21.5 Å². The zero-order valence-corrected chi connectivity index (χ0v) is 18.3. The van der Waals surface area contributed by atoms with Crippen molar-refractivity contribution in [3.05, 3.63) is 63.3 Å². The number of aryl methyl sites for hydroxylation is 1. The summed E-state index contributed by atoms with van der Waals surface area (Å²) in [6, 6.07) is 10.9. The molecule has 2 aromatic carbocycles. The minimum atomic E-state index is -0.539. The number of cyclic esters (lactones) is 1. The first-order valence-electron chi connectivity index (χ1n) is 9.16. The maximum absolute atomic E-state index is 12.3. The fourth-order valence-corrected chi connectivity index (χ4v) is 3.26. The molecule has 30 heavy (non-hydrogen) atoms. The molecule has 0 aromatic heterocycles. The molecule has 8 heteroatoms. The average molecular weight is 474 g/mol. The number of benzene rings is 2. The Kier molecular flexibility index (Phi) is 6.89. The van der Waals surface area contributed by atoms with Crippen LogP contribution in [0.15, 0.2) is 51.6 Å². The van der Waals surface area contributed by atoms with Crippen molar-refractivity contribution in [1.82, 2.24) is 0 Å². The Bertz CT molecular complexity index is 1030. The SMILES string of the molecule is CCOC(=O)COc1c(Br)cc(/C=C2\N=C(c3ccc(C)cc3)OC2=O)cc1OC. The van der Waals surface area contributed by atoms with Crippen molar-refractivity contribution in [3.63, 3.8) is 0 Å². The molecule has 1 aliphatic rings. The fourth-order valence-electron chi connectivity index (χ4n) is 2.68. The second-order valence-electron chi connectivity index (χ2n) is 6.33. The molecule has 156 valence electrons. The Labute approximate surface area is 182 Å². The number of nitrogens with zero attached hydrogens (tertiary/aromatic N) is 1. The molecule has 2 aromatic rings. The maximum atomic E-state index is 12.3. The van der Waals surface area contributed by atoms with Crippen LogP contribution in [0.3, 0.4) is 0 Å². The van der Waals surface area contributed by atoms with Gasteiger partial charge in [0.1, 0.15) is 0 Å². The summed E-state index contributed by atoms with van der Waals surface area (Å²) in [5.74, 6) is -0.0283. The van der Waals surface area contributed by atoms with E-state index >= 15 is 0 Å². The normalized spacial score (nSPS) is 14.3. The van der Waals surface area contributed by atoms with Crippen molar-refractivity contribution in [2.45, 2.75) is 13.8 Å². The number of hydrogen-bond donors (Lipinski definition) is 0. The predicted octanol–water partition coefficient (Wildman–Crippen LogP) is 4.05. The van der Waals surface area contributed by atoms with Gasteiger partial charge in [-0.05, 0) is 65.7 Å². The summed E-state index contributed by atoms with van der Waals surface area (Å²) < 4.78 is 21.6. The molecule has 0 unspecified atom stereocenters. The van der Waals surface area contributed by atoms with Crippen LogP contribution in [-0.4, -0.2) is 38.2 Å². The minimum Gasteiger partial charge on any atom is -0.493 e. The molecule has 1 aliphatic heterocycles. The van der Waals surface area contributed by atoms with Crippen LogP contribution in [0.4, 0.5) is 0 Å². The molecule has 0 aliphatic carbocycles. The lowest BCUT2D eigenvalue weighted by Crippen LogP contribution is -2.15. The molecule has 1 heterocycles. The van der Waals surface area contributed by atoms with Crippen molar-refractivity contribution in [1.29, 1.82) is 0 Å². The number of aliphatic imine (C=N–C) groups is 1. The molecule has 0 radical (unpaired) electrons. The molecule has 0 saturated carbocycles. The lowest BCUT2D eigenvalue weighted by atomic mass is 10.1. The van der Waals surface area contributed by atoms with Gasteiger partial charge in [0.25, 0.3) is 0 Å². The number of esters is 2. The molecular formula is C22H20BrNO6. The first-order valence-corrected chi connectivity index (χ1v) is 9.96. The van der Waals surface area contributed by atoms with E-state index in [1.54, 1.807) is 25.1 Å². The molecule has 0 spiro atoms. The van der Waals surface area contributed by atoms with Crippen LogP contribution >= 0.6 is 15.9 Å². The Hall–Kier alpha value is -3.13. The van der Waals surface area contributed by atoms with E-state index in [9.17, 15) is 9.59 Å². The van der Waals surface area contributed by atoms with Crippen molar-refractivity contribution in [2.24, 2.45) is 4.99 Å². The highest BCUT2D eigenvalue weighted by Gasteiger charge is 2.24. The zero-order chi connectivity index (χ0) is 21.7. The maximum Gasteiger partial charge on any atom is 0.363 e. The number of methoxy groups -OCH3 is 1. The summed E-state index contributed by atoms with van der Waals surface area (Å²) in [4.78, 5) is 28.1. The smallest absolute Gasteiger partial charge is 0.363 e. The summed E-state index contributed by atoms with van der Waals surface area (Å²) in [5.41, 5.74) is 2.63. The molecule has 0 bridgehead atoms.